The Morgan fingerprint density at radius 1 is 1.21 bits per heavy atom. The van der Waals surface area contributed by atoms with E-state index >= 15 is 0 Å². The second-order valence-electron chi connectivity index (χ2n) is 6.69. The van der Waals surface area contributed by atoms with Crippen LogP contribution in [0.5, 0.6) is 0 Å². The minimum Gasteiger partial charge on any atom is -0.356 e. The first-order chi connectivity index (χ1) is 11.7. The molecular formula is C19H25N3O2. The van der Waals surface area contributed by atoms with Crippen molar-refractivity contribution < 1.29 is 4.79 Å². The van der Waals surface area contributed by atoms with Crippen LogP contribution in [-0.2, 0) is 11.2 Å². The van der Waals surface area contributed by atoms with Gasteiger partial charge in [-0.3, -0.25) is 9.59 Å². The third-order valence-electron chi connectivity index (χ3n) is 4.79. The van der Waals surface area contributed by atoms with E-state index in [0.717, 1.165) is 6.54 Å². The highest BCUT2D eigenvalue weighted by Crippen LogP contribution is 2.22. The van der Waals surface area contributed by atoms with Crippen LogP contribution in [0.1, 0.15) is 50.8 Å². The van der Waals surface area contributed by atoms with Gasteiger partial charge in [-0.25, -0.2) is 4.98 Å². The van der Waals surface area contributed by atoms with Gasteiger partial charge in [0, 0.05) is 19.4 Å². The largest absolute Gasteiger partial charge is 0.356 e. The van der Waals surface area contributed by atoms with Crippen molar-refractivity contribution >= 4 is 16.8 Å². The number of benzene rings is 1. The molecule has 1 saturated carbocycles. The number of carbonyl (C=O) groups is 1. The van der Waals surface area contributed by atoms with Gasteiger partial charge in [0.15, 0.2) is 0 Å². The van der Waals surface area contributed by atoms with Crippen molar-refractivity contribution in [3.63, 3.8) is 0 Å². The predicted molar refractivity (Wildman–Crippen MR) is 94.9 cm³/mol. The average molecular weight is 327 g/mol. The van der Waals surface area contributed by atoms with Gasteiger partial charge < -0.3 is 10.3 Å². The maximum absolute atomic E-state index is 12.0. The minimum absolute atomic E-state index is 0.101. The van der Waals surface area contributed by atoms with Gasteiger partial charge in [0.25, 0.3) is 5.56 Å². The maximum Gasteiger partial charge on any atom is 0.258 e. The lowest BCUT2D eigenvalue weighted by Gasteiger charge is -2.21. The molecule has 128 valence electrons. The van der Waals surface area contributed by atoms with Gasteiger partial charge in [-0.15, -0.1) is 0 Å². The number of rotatable bonds is 6. The number of aromatic nitrogens is 2. The van der Waals surface area contributed by atoms with Gasteiger partial charge in [0.1, 0.15) is 5.82 Å². The number of fused-ring (bicyclic) bond motifs is 1. The quantitative estimate of drug-likeness (QED) is 0.856. The Morgan fingerprint density at radius 3 is 2.83 bits per heavy atom. The molecule has 5 heteroatoms. The third kappa shape index (κ3) is 4.43. The highest BCUT2D eigenvalue weighted by Gasteiger charge is 2.14. The molecule has 0 unspecified atom stereocenters. The SMILES string of the molecule is O=C(CCCc1nc2ccccc2c(=O)[nH]1)NCC1CCCCC1. The van der Waals surface area contributed by atoms with Gasteiger partial charge in [-0.2, -0.15) is 0 Å². The second-order valence-corrected chi connectivity index (χ2v) is 6.69. The van der Waals surface area contributed by atoms with Crippen molar-refractivity contribution in [3.8, 4) is 0 Å². The van der Waals surface area contributed by atoms with Crippen LogP contribution in [0.3, 0.4) is 0 Å². The summed E-state index contributed by atoms with van der Waals surface area (Å²) in [5.74, 6) is 1.41. The Kier molecular flexibility index (Phi) is 5.62. The smallest absolute Gasteiger partial charge is 0.258 e. The standard InChI is InChI=1S/C19H25N3O2/c23-18(20-13-14-7-2-1-3-8-14)12-6-11-17-21-16-10-5-4-9-15(16)19(24)22-17/h4-5,9-10,14H,1-3,6-8,11-13H2,(H,20,23)(H,21,22,24). The number of hydrogen-bond acceptors (Lipinski definition) is 3. The molecule has 0 radical (unpaired) electrons. The Hall–Kier alpha value is -2.17. The lowest BCUT2D eigenvalue weighted by Crippen LogP contribution is -2.30. The average Bonchev–Trinajstić information content (AvgIpc) is 2.61. The molecule has 0 atom stereocenters. The van der Waals surface area contributed by atoms with Crippen LogP contribution in [0, 0.1) is 5.92 Å². The highest BCUT2D eigenvalue weighted by atomic mass is 16.1. The summed E-state index contributed by atoms with van der Waals surface area (Å²) in [6, 6.07) is 7.31. The van der Waals surface area contributed by atoms with Crippen LogP contribution in [0.25, 0.3) is 10.9 Å². The third-order valence-corrected chi connectivity index (χ3v) is 4.79. The van der Waals surface area contributed by atoms with Crippen molar-refractivity contribution in [1.82, 2.24) is 15.3 Å². The maximum atomic E-state index is 12.0. The molecule has 1 heterocycles. The minimum atomic E-state index is -0.114. The molecule has 1 aliphatic rings. The van der Waals surface area contributed by atoms with Crippen LogP contribution >= 0.6 is 0 Å². The summed E-state index contributed by atoms with van der Waals surface area (Å²) in [5.41, 5.74) is 0.593. The Labute approximate surface area is 141 Å². The zero-order valence-electron chi connectivity index (χ0n) is 14.0. The van der Waals surface area contributed by atoms with Gasteiger partial charge in [-0.05, 0) is 37.3 Å². The first kappa shape index (κ1) is 16.7. The molecule has 1 fully saturated rings. The summed E-state index contributed by atoms with van der Waals surface area (Å²) in [6.45, 7) is 0.809. The number of aryl methyl sites for hydroxylation is 1. The van der Waals surface area contributed by atoms with E-state index in [4.69, 9.17) is 0 Å². The fourth-order valence-corrected chi connectivity index (χ4v) is 3.41. The Balaban J connectivity index is 1.45. The molecule has 1 aliphatic carbocycles. The zero-order chi connectivity index (χ0) is 16.8. The summed E-state index contributed by atoms with van der Waals surface area (Å²) in [4.78, 5) is 31.2. The van der Waals surface area contributed by atoms with Crippen LogP contribution < -0.4 is 10.9 Å². The van der Waals surface area contributed by atoms with E-state index < -0.39 is 0 Å². The molecule has 1 aromatic heterocycles. The van der Waals surface area contributed by atoms with E-state index in [-0.39, 0.29) is 11.5 Å². The first-order valence-corrected chi connectivity index (χ1v) is 8.97. The summed E-state index contributed by atoms with van der Waals surface area (Å²) < 4.78 is 0. The molecule has 24 heavy (non-hydrogen) atoms. The molecule has 1 amide bonds. The molecule has 0 saturated heterocycles. The van der Waals surface area contributed by atoms with E-state index in [1.54, 1.807) is 6.07 Å². The molecule has 0 aliphatic heterocycles. The summed E-state index contributed by atoms with van der Waals surface area (Å²) >= 11 is 0. The second kappa shape index (κ2) is 8.08. The van der Waals surface area contributed by atoms with E-state index in [2.05, 4.69) is 15.3 Å². The predicted octanol–water partition coefficient (Wildman–Crippen LogP) is 2.94. The number of amides is 1. The number of para-hydroxylation sites is 1. The van der Waals surface area contributed by atoms with Crippen molar-refractivity contribution in [2.24, 2.45) is 5.92 Å². The summed E-state index contributed by atoms with van der Waals surface area (Å²) in [7, 11) is 0. The van der Waals surface area contributed by atoms with Crippen molar-refractivity contribution in [2.75, 3.05) is 6.54 Å². The fourth-order valence-electron chi connectivity index (χ4n) is 3.41. The van der Waals surface area contributed by atoms with Gasteiger partial charge in [0.05, 0.1) is 10.9 Å². The van der Waals surface area contributed by atoms with Crippen molar-refractivity contribution in [3.05, 3.63) is 40.4 Å². The van der Waals surface area contributed by atoms with Crippen molar-refractivity contribution in [2.45, 2.75) is 51.4 Å². The number of H-pyrrole nitrogens is 1. The molecule has 0 bridgehead atoms. The Morgan fingerprint density at radius 2 is 2.00 bits per heavy atom. The number of nitrogens with zero attached hydrogens (tertiary/aromatic N) is 1. The van der Waals surface area contributed by atoms with Crippen molar-refractivity contribution in [1.29, 1.82) is 0 Å². The monoisotopic (exact) mass is 327 g/mol. The summed E-state index contributed by atoms with van der Waals surface area (Å²) in [5, 5.41) is 3.65. The van der Waals surface area contributed by atoms with Crippen LogP contribution in [-0.4, -0.2) is 22.4 Å². The summed E-state index contributed by atoms with van der Waals surface area (Å²) in [6.07, 6.45) is 8.17. The van der Waals surface area contributed by atoms with Gasteiger partial charge in [-0.1, -0.05) is 31.4 Å². The lowest BCUT2D eigenvalue weighted by atomic mass is 9.89. The number of hydrogen-bond donors (Lipinski definition) is 2. The number of nitrogens with one attached hydrogen (secondary N) is 2. The Bertz CT molecular complexity index is 748. The molecule has 1 aromatic carbocycles. The molecular weight excluding hydrogens is 302 g/mol. The topological polar surface area (TPSA) is 74.8 Å². The van der Waals surface area contributed by atoms with E-state index in [1.807, 2.05) is 18.2 Å². The van der Waals surface area contributed by atoms with Crippen LogP contribution in [0.2, 0.25) is 0 Å². The van der Waals surface area contributed by atoms with Gasteiger partial charge in [0.2, 0.25) is 5.91 Å². The normalized spacial score (nSPS) is 15.5. The number of aromatic amines is 1. The molecule has 2 aromatic rings. The first-order valence-electron chi connectivity index (χ1n) is 8.97. The van der Waals surface area contributed by atoms with Crippen LogP contribution in [0.15, 0.2) is 29.1 Å². The zero-order valence-corrected chi connectivity index (χ0v) is 14.0. The van der Waals surface area contributed by atoms with E-state index in [0.29, 0.717) is 41.9 Å². The fraction of sp³-hybridized carbons (Fsp3) is 0.526. The lowest BCUT2D eigenvalue weighted by molar-refractivity contribution is -0.121. The van der Waals surface area contributed by atoms with E-state index in [1.165, 1.54) is 32.1 Å². The van der Waals surface area contributed by atoms with E-state index in [9.17, 15) is 9.59 Å². The molecule has 3 rings (SSSR count). The van der Waals surface area contributed by atoms with Crippen LogP contribution in [0.4, 0.5) is 0 Å². The molecule has 5 nitrogen and oxygen atoms in total. The number of carbonyl (C=O) groups excluding carboxylic acids is 1. The molecule has 2 N–H and O–H groups in total. The van der Waals surface area contributed by atoms with Gasteiger partial charge >= 0.3 is 0 Å². The molecule has 0 spiro atoms. The highest BCUT2D eigenvalue weighted by molar-refractivity contribution is 5.77.